The summed E-state index contributed by atoms with van der Waals surface area (Å²) in [5.41, 5.74) is 2.62. The number of benzene rings is 2. The van der Waals surface area contributed by atoms with Crippen LogP contribution in [0.5, 0.6) is 11.5 Å². The molecule has 0 atom stereocenters. The first-order chi connectivity index (χ1) is 12.3. The van der Waals surface area contributed by atoms with E-state index >= 15 is 0 Å². The molecule has 0 aliphatic carbocycles. The Labute approximate surface area is 151 Å². The molecular formula is C21H28N2O2. The highest BCUT2D eigenvalue weighted by Crippen LogP contribution is 2.25. The van der Waals surface area contributed by atoms with Crippen molar-refractivity contribution in [3.63, 3.8) is 0 Å². The average molecular weight is 340 g/mol. The second kappa shape index (κ2) is 8.88. The Balaban J connectivity index is 1.49. The fraction of sp³-hybridized carbons (Fsp3) is 0.429. The lowest BCUT2D eigenvalue weighted by Crippen LogP contribution is -2.46. The molecule has 1 heterocycles. The van der Waals surface area contributed by atoms with Crippen molar-refractivity contribution < 1.29 is 9.47 Å². The number of ether oxygens (including phenoxy) is 2. The predicted molar refractivity (Wildman–Crippen MR) is 101 cm³/mol. The average Bonchev–Trinajstić information content (AvgIpc) is 2.68. The van der Waals surface area contributed by atoms with E-state index in [0.29, 0.717) is 0 Å². The Bertz CT molecular complexity index is 652. The summed E-state index contributed by atoms with van der Waals surface area (Å²) in [4.78, 5) is 5.06. The summed E-state index contributed by atoms with van der Waals surface area (Å²) in [5.74, 6) is 1.82. The zero-order valence-electron chi connectivity index (χ0n) is 15.3. The number of rotatable bonds is 7. The lowest BCUT2D eigenvalue weighted by atomic mass is 10.1. The van der Waals surface area contributed by atoms with Gasteiger partial charge in [-0.1, -0.05) is 30.3 Å². The molecule has 3 rings (SSSR count). The van der Waals surface area contributed by atoms with Crippen LogP contribution in [0.2, 0.25) is 0 Å². The molecule has 1 aliphatic heterocycles. The van der Waals surface area contributed by atoms with Gasteiger partial charge in [-0.2, -0.15) is 0 Å². The maximum absolute atomic E-state index is 5.50. The molecule has 0 N–H and O–H groups in total. The van der Waals surface area contributed by atoms with E-state index in [-0.39, 0.29) is 0 Å². The molecule has 4 nitrogen and oxygen atoms in total. The van der Waals surface area contributed by atoms with E-state index < -0.39 is 0 Å². The van der Waals surface area contributed by atoms with Gasteiger partial charge in [-0.3, -0.25) is 4.90 Å². The Hall–Kier alpha value is -2.04. The first-order valence-corrected chi connectivity index (χ1v) is 8.98. The van der Waals surface area contributed by atoms with E-state index in [4.69, 9.17) is 9.47 Å². The fourth-order valence-electron chi connectivity index (χ4n) is 3.35. The van der Waals surface area contributed by atoms with Gasteiger partial charge in [0, 0.05) is 44.8 Å². The van der Waals surface area contributed by atoms with Crippen LogP contribution in [0, 0.1) is 0 Å². The van der Waals surface area contributed by atoms with E-state index in [0.717, 1.165) is 57.2 Å². The molecule has 0 amide bonds. The quantitative estimate of drug-likeness (QED) is 0.773. The van der Waals surface area contributed by atoms with Crippen LogP contribution in [0.3, 0.4) is 0 Å². The Morgan fingerprint density at radius 1 is 0.840 bits per heavy atom. The highest BCUT2D eigenvalue weighted by Gasteiger charge is 2.18. The lowest BCUT2D eigenvalue weighted by molar-refractivity contribution is 0.127. The summed E-state index contributed by atoms with van der Waals surface area (Å²) in [7, 11) is 3.43. The predicted octanol–water partition coefficient (Wildman–Crippen LogP) is 3.06. The maximum atomic E-state index is 5.50. The van der Waals surface area contributed by atoms with Crippen molar-refractivity contribution in [2.45, 2.75) is 13.0 Å². The topological polar surface area (TPSA) is 24.9 Å². The zero-order valence-corrected chi connectivity index (χ0v) is 15.3. The minimum atomic E-state index is 0.886. The number of hydrogen-bond acceptors (Lipinski definition) is 4. The van der Waals surface area contributed by atoms with Crippen LogP contribution in [0.1, 0.15) is 11.1 Å². The van der Waals surface area contributed by atoms with Gasteiger partial charge < -0.3 is 14.4 Å². The van der Waals surface area contributed by atoms with Crippen LogP contribution >= 0.6 is 0 Å². The largest absolute Gasteiger partial charge is 0.497 e. The molecule has 0 unspecified atom stereocenters. The smallest absolute Gasteiger partial charge is 0.123 e. The molecule has 1 fully saturated rings. The Morgan fingerprint density at radius 2 is 1.56 bits per heavy atom. The molecule has 0 bridgehead atoms. The SMILES string of the molecule is COc1ccc(OC)c(CN2CCN(CCc3ccccc3)CC2)c1. The van der Waals surface area contributed by atoms with Gasteiger partial charge in [-0.05, 0) is 30.2 Å². The molecule has 0 spiro atoms. The van der Waals surface area contributed by atoms with Crippen molar-refractivity contribution in [2.75, 3.05) is 46.9 Å². The van der Waals surface area contributed by atoms with E-state index in [1.165, 1.54) is 11.1 Å². The Morgan fingerprint density at radius 3 is 2.24 bits per heavy atom. The normalized spacial score (nSPS) is 15.9. The summed E-state index contributed by atoms with van der Waals surface area (Å²) < 4.78 is 10.9. The van der Waals surface area contributed by atoms with Gasteiger partial charge >= 0.3 is 0 Å². The summed E-state index contributed by atoms with van der Waals surface area (Å²) in [6.45, 7) is 6.48. The van der Waals surface area contributed by atoms with E-state index in [2.05, 4.69) is 46.2 Å². The second-order valence-corrected chi connectivity index (χ2v) is 6.53. The van der Waals surface area contributed by atoms with Gasteiger partial charge in [0.1, 0.15) is 11.5 Å². The van der Waals surface area contributed by atoms with E-state index in [1.807, 2.05) is 12.1 Å². The van der Waals surface area contributed by atoms with Crippen molar-refractivity contribution in [3.05, 3.63) is 59.7 Å². The summed E-state index contributed by atoms with van der Waals surface area (Å²) in [5, 5.41) is 0. The molecule has 1 aliphatic rings. The van der Waals surface area contributed by atoms with Gasteiger partial charge in [0.15, 0.2) is 0 Å². The molecule has 0 radical (unpaired) electrons. The fourth-order valence-corrected chi connectivity index (χ4v) is 3.35. The van der Waals surface area contributed by atoms with Crippen LogP contribution in [-0.4, -0.2) is 56.7 Å². The molecule has 1 saturated heterocycles. The molecule has 0 aromatic heterocycles. The van der Waals surface area contributed by atoms with Crippen molar-refractivity contribution in [1.29, 1.82) is 0 Å². The highest BCUT2D eigenvalue weighted by atomic mass is 16.5. The lowest BCUT2D eigenvalue weighted by Gasteiger charge is -2.35. The second-order valence-electron chi connectivity index (χ2n) is 6.53. The van der Waals surface area contributed by atoms with Crippen LogP contribution in [0.25, 0.3) is 0 Å². The highest BCUT2D eigenvalue weighted by molar-refractivity contribution is 5.40. The van der Waals surface area contributed by atoms with Crippen LogP contribution < -0.4 is 9.47 Å². The monoisotopic (exact) mass is 340 g/mol. The molecule has 0 saturated carbocycles. The first-order valence-electron chi connectivity index (χ1n) is 8.98. The van der Waals surface area contributed by atoms with Gasteiger partial charge in [-0.15, -0.1) is 0 Å². The first kappa shape index (κ1) is 17.8. The van der Waals surface area contributed by atoms with Crippen molar-refractivity contribution in [2.24, 2.45) is 0 Å². The molecule has 134 valence electrons. The van der Waals surface area contributed by atoms with Crippen LogP contribution in [0.15, 0.2) is 48.5 Å². The minimum Gasteiger partial charge on any atom is -0.497 e. The number of piperazine rings is 1. The summed E-state index contributed by atoms with van der Waals surface area (Å²) in [6, 6.07) is 16.8. The molecular weight excluding hydrogens is 312 g/mol. The van der Waals surface area contributed by atoms with Gasteiger partial charge in [-0.25, -0.2) is 0 Å². The number of hydrogen-bond donors (Lipinski definition) is 0. The van der Waals surface area contributed by atoms with E-state index in [9.17, 15) is 0 Å². The van der Waals surface area contributed by atoms with Crippen molar-refractivity contribution in [3.8, 4) is 11.5 Å². The molecule has 25 heavy (non-hydrogen) atoms. The third-order valence-electron chi connectivity index (χ3n) is 4.91. The molecule has 4 heteroatoms. The van der Waals surface area contributed by atoms with Crippen molar-refractivity contribution >= 4 is 0 Å². The van der Waals surface area contributed by atoms with E-state index in [1.54, 1.807) is 14.2 Å². The van der Waals surface area contributed by atoms with Crippen LogP contribution in [0.4, 0.5) is 0 Å². The van der Waals surface area contributed by atoms with Crippen molar-refractivity contribution in [1.82, 2.24) is 9.80 Å². The maximum Gasteiger partial charge on any atom is 0.123 e. The summed E-state index contributed by atoms with van der Waals surface area (Å²) in [6.07, 6.45) is 1.13. The molecule has 2 aromatic carbocycles. The molecule has 2 aromatic rings. The third kappa shape index (κ3) is 4.97. The minimum absolute atomic E-state index is 0.886. The van der Waals surface area contributed by atoms with Gasteiger partial charge in [0.2, 0.25) is 0 Å². The summed E-state index contributed by atoms with van der Waals surface area (Å²) >= 11 is 0. The van der Waals surface area contributed by atoms with Gasteiger partial charge in [0.25, 0.3) is 0 Å². The number of nitrogens with zero attached hydrogens (tertiary/aromatic N) is 2. The van der Waals surface area contributed by atoms with Crippen LogP contribution in [-0.2, 0) is 13.0 Å². The Kier molecular flexibility index (Phi) is 6.31. The standard InChI is InChI=1S/C21H28N2O2/c1-24-20-8-9-21(25-2)19(16-20)17-23-14-12-22(13-15-23)11-10-18-6-4-3-5-7-18/h3-9,16H,10-15,17H2,1-2H3. The number of methoxy groups -OCH3 is 2. The van der Waals surface area contributed by atoms with Gasteiger partial charge in [0.05, 0.1) is 14.2 Å². The third-order valence-corrected chi connectivity index (χ3v) is 4.91. The zero-order chi connectivity index (χ0) is 17.5.